The maximum absolute atomic E-state index is 8.49. The summed E-state index contributed by atoms with van der Waals surface area (Å²) in [6.45, 7) is 0. The van der Waals surface area contributed by atoms with E-state index in [1.54, 1.807) is 0 Å². The van der Waals surface area contributed by atoms with Gasteiger partial charge in [0.05, 0.1) is 0 Å². The number of halogens is 1. The van der Waals surface area contributed by atoms with Gasteiger partial charge >= 0.3 is 159 Å². The summed E-state index contributed by atoms with van der Waals surface area (Å²) in [5, 5.41) is 1.09. The Morgan fingerprint density at radius 1 is 0.452 bits per heavy atom. The third kappa shape index (κ3) is 6.52. The molecule has 0 atom stereocenters. The molecule has 0 bridgehead atoms. The van der Waals surface area contributed by atoms with Gasteiger partial charge < -0.3 is 0 Å². The van der Waals surface area contributed by atoms with Crippen LogP contribution in [0.1, 0.15) is 5.56 Å². The molecular weight excluding hydrogens is 475 g/mol. The summed E-state index contributed by atoms with van der Waals surface area (Å²) in [6.07, 6.45) is 0. The zero-order chi connectivity index (χ0) is 22.2. The first-order valence-corrected chi connectivity index (χ1v) is 15.0. The van der Waals surface area contributed by atoms with Gasteiger partial charge in [0, 0.05) is 0 Å². The van der Waals surface area contributed by atoms with E-state index in [4.69, 9.17) is 18.6 Å². The molecule has 0 radical (unpaired) electrons. The molecule has 4 aromatic carbocycles. The normalized spacial score (nSPS) is 11.4. The minimum absolute atomic E-state index is 1.09. The van der Waals surface area contributed by atoms with Crippen LogP contribution in [0.5, 0.6) is 0 Å². The van der Waals surface area contributed by atoms with Crippen molar-refractivity contribution >= 4 is 26.6 Å². The molecular formula is C25H22AsClO4. The molecule has 0 heterocycles. The molecule has 0 aromatic heterocycles. The summed E-state index contributed by atoms with van der Waals surface area (Å²) in [6, 6.07) is 44.4. The van der Waals surface area contributed by atoms with Crippen LogP contribution in [0.4, 0.5) is 0 Å². The van der Waals surface area contributed by atoms with Crippen LogP contribution in [-0.4, -0.2) is 13.6 Å². The van der Waals surface area contributed by atoms with E-state index in [0.29, 0.717) is 0 Å². The summed E-state index contributed by atoms with van der Waals surface area (Å²) in [5.41, 5.74) is 1.41. The SMILES string of the molecule is [O-][Cl+3]([O-])([O-])[O-].c1ccc(C[As+](c2ccccc2)(c2ccccc2)c2ccccc2)cc1. The van der Waals surface area contributed by atoms with Gasteiger partial charge in [0.2, 0.25) is 0 Å². The van der Waals surface area contributed by atoms with Crippen molar-refractivity contribution in [3.63, 3.8) is 0 Å². The molecule has 0 aliphatic heterocycles. The van der Waals surface area contributed by atoms with E-state index in [0.717, 1.165) is 5.21 Å². The molecule has 4 rings (SSSR count). The summed E-state index contributed by atoms with van der Waals surface area (Å²) in [7, 11) is -4.94. The number of rotatable bonds is 5. The van der Waals surface area contributed by atoms with E-state index < -0.39 is 23.8 Å². The summed E-state index contributed by atoms with van der Waals surface area (Å²) in [5.74, 6) is 0. The standard InChI is InChI=1S/C25H22As.ClHO4/c1-5-13-22(14-6-1)21-26(23-15-7-2-8-16-23,24-17-9-3-10-18-24)25-19-11-4-12-20-25;2-1(3,4)5/h1-20H,21H2;(H,2,3,4,5)/q+1;/p-1. The summed E-state index contributed by atoms with van der Waals surface area (Å²) < 4.78 is 38.4. The average molecular weight is 497 g/mol. The fourth-order valence-corrected chi connectivity index (χ4v) is 12.5. The van der Waals surface area contributed by atoms with Crippen molar-refractivity contribution in [1.29, 1.82) is 0 Å². The fraction of sp³-hybridized carbons (Fsp3) is 0.0400. The van der Waals surface area contributed by atoms with Crippen LogP contribution in [0.2, 0.25) is 0 Å². The molecule has 0 aliphatic rings. The minimum atomic E-state index is -4.94. The van der Waals surface area contributed by atoms with Crippen LogP contribution in [0.3, 0.4) is 0 Å². The zero-order valence-corrected chi connectivity index (χ0v) is 19.3. The second-order valence-corrected chi connectivity index (χ2v) is 14.9. The molecule has 0 saturated carbocycles. The third-order valence-corrected chi connectivity index (χ3v) is 14.0. The van der Waals surface area contributed by atoms with Crippen molar-refractivity contribution in [1.82, 2.24) is 0 Å². The number of hydrogen-bond acceptors (Lipinski definition) is 4. The molecule has 0 amide bonds. The molecule has 0 unspecified atom stereocenters. The van der Waals surface area contributed by atoms with Crippen molar-refractivity contribution in [3.05, 3.63) is 127 Å². The van der Waals surface area contributed by atoms with Gasteiger partial charge in [-0.05, 0) is 0 Å². The maximum atomic E-state index is 8.49. The van der Waals surface area contributed by atoms with Gasteiger partial charge in [0.1, 0.15) is 0 Å². The number of benzene rings is 4. The Labute approximate surface area is 187 Å². The second-order valence-electron chi connectivity index (χ2n) is 6.84. The Morgan fingerprint density at radius 3 is 1.00 bits per heavy atom. The monoisotopic (exact) mass is 496 g/mol. The van der Waals surface area contributed by atoms with Gasteiger partial charge in [0.25, 0.3) is 0 Å². The molecule has 158 valence electrons. The molecule has 0 N–H and O–H groups in total. The van der Waals surface area contributed by atoms with E-state index in [1.165, 1.54) is 18.6 Å². The molecule has 4 nitrogen and oxygen atoms in total. The number of hydrogen-bond donors (Lipinski definition) is 0. The Bertz CT molecular complexity index is 938. The van der Waals surface area contributed by atoms with Crippen LogP contribution < -0.4 is 31.7 Å². The van der Waals surface area contributed by atoms with Crippen LogP contribution in [0, 0.1) is 10.2 Å². The van der Waals surface area contributed by atoms with E-state index >= 15 is 0 Å². The molecule has 0 saturated heterocycles. The first kappa shape index (κ1) is 23.2. The first-order chi connectivity index (χ1) is 14.9. The van der Waals surface area contributed by atoms with Crippen LogP contribution in [0.25, 0.3) is 0 Å². The molecule has 31 heavy (non-hydrogen) atoms. The topological polar surface area (TPSA) is 92.2 Å². The Hall–Kier alpha value is -2.43. The van der Waals surface area contributed by atoms with Crippen LogP contribution in [-0.2, 0) is 5.21 Å². The fourth-order valence-electron chi connectivity index (χ4n) is 3.63. The molecule has 0 fully saturated rings. The van der Waals surface area contributed by atoms with E-state index in [-0.39, 0.29) is 0 Å². The quantitative estimate of drug-likeness (QED) is 0.338. The van der Waals surface area contributed by atoms with Gasteiger partial charge in [-0.3, -0.25) is 0 Å². The molecule has 4 aromatic rings. The third-order valence-electron chi connectivity index (χ3n) is 4.85. The Morgan fingerprint density at radius 2 is 0.710 bits per heavy atom. The second kappa shape index (κ2) is 10.7. The van der Waals surface area contributed by atoms with Gasteiger partial charge in [-0.25, -0.2) is 18.6 Å². The molecule has 6 heteroatoms. The average Bonchev–Trinajstić information content (AvgIpc) is 2.79. The predicted octanol–water partition coefficient (Wildman–Crippen LogP) is -0.817. The summed E-state index contributed by atoms with van der Waals surface area (Å²) >= 11 is -2.63. The van der Waals surface area contributed by atoms with E-state index in [1.807, 2.05) is 0 Å². The van der Waals surface area contributed by atoms with E-state index in [9.17, 15) is 0 Å². The summed E-state index contributed by atoms with van der Waals surface area (Å²) in [4.78, 5) is 0. The first-order valence-electron chi connectivity index (χ1n) is 9.60. The predicted molar refractivity (Wildman–Crippen MR) is 114 cm³/mol. The van der Waals surface area contributed by atoms with Crippen molar-refractivity contribution in [2.24, 2.45) is 0 Å². The van der Waals surface area contributed by atoms with Gasteiger partial charge in [-0.1, -0.05) is 0 Å². The van der Waals surface area contributed by atoms with Gasteiger partial charge in [-0.15, -0.1) is 10.2 Å². The Balaban J connectivity index is 0.000000491. The van der Waals surface area contributed by atoms with E-state index in [2.05, 4.69) is 121 Å². The van der Waals surface area contributed by atoms with Crippen molar-refractivity contribution < 1.29 is 28.9 Å². The van der Waals surface area contributed by atoms with Crippen LogP contribution in [0.15, 0.2) is 121 Å². The van der Waals surface area contributed by atoms with Crippen molar-refractivity contribution in [2.75, 3.05) is 0 Å². The van der Waals surface area contributed by atoms with Crippen LogP contribution >= 0.6 is 0 Å². The van der Waals surface area contributed by atoms with Crippen molar-refractivity contribution in [2.45, 2.75) is 5.21 Å². The van der Waals surface area contributed by atoms with Gasteiger partial charge in [0.15, 0.2) is 0 Å². The van der Waals surface area contributed by atoms with Gasteiger partial charge in [-0.2, -0.15) is 0 Å². The molecule has 0 aliphatic carbocycles. The molecule has 0 spiro atoms. The zero-order valence-electron chi connectivity index (χ0n) is 16.7. The Kier molecular flexibility index (Phi) is 8.05. The van der Waals surface area contributed by atoms with Crippen molar-refractivity contribution in [3.8, 4) is 0 Å².